The summed E-state index contributed by atoms with van der Waals surface area (Å²) in [5.41, 5.74) is 2.22. The number of carboxylic acids is 1. The Kier molecular flexibility index (Phi) is 3.88. The second-order valence-corrected chi connectivity index (χ2v) is 5.96. The Morgan fingerprint density at radius 1 is 1.36 bits per heavy atom. The summed E-state index contributed by atoms with van der Waals surface area (Å²) in [6, 6.07) is 7.94. The number of hydrogen-bond acceptors (Lipinski definition) is 2. The minimum Gasteiger partial charge on any atom is -0.481 e. The van der Waals surface area contributed by atoms with Gasteiger partial charge in [-0.3, -0.25) is 9.59 Å². The van der Waals surface area contributed by atoms with Gasteiger partial charge in [-0.2, -0.15) is 0 Å². The van der Waals surface area contributed by atoms with E-state index in [4.69, 9.17) is 5.11 Å². The number of carboxylic acid groups (broad SMARTS) is 1. The molecule has 2 aromatic rings. The predicted molar refractivity (Wildman–Crippen MR) is 83.5 cm³/mol. The summed E-state index contributed by atoms with van der Waals surface area (Å²) in [7, 11) is 0. The van der Waals surface area contributed by atoms with Crippen molar-refractivity contribution in [1.82, 2.24) is 9.88 Å². The summed E-state index contributed by atoms with van der Waals surface area (Å²) >= 11 is 0. The molecule has 5 nitrogen and oxygen atoms in total. The lowest BCUT2D eigenvalue weighted by Crippen LogP contribution is -2.37. The summed E-state index contributed by atoms with van der Waals surface area (Å²) in [4.78, 5) is 28.3. The number of nitrogens with one attached hydrogen (secondary N) is 1. The third kappa shape index (κ3) is 2.71. The van der Waals surface area contributed by atoms with Gasteiger partial charge in [0.1, 0.15) is 0 Å². The number of rotatable bonds is 4. The summed E-state index contributed by atoms with van der Waals surface area (Å²) in [5, 5.41) is 10.3. The van der Waals surface area contributed by atoms with E-state index in [-0.39, 0.29) is 11.9 Å². The number of fused-ring (bicyclic) bond motifs is 1. The average molecular weight is 300 g/mol. The van der Waals surface area contributed by atoms with E-state index in [1.165, 1.54) is 0 Å². The standard InChI is InChI=1S/C17H20N2O3/c1-11-14(17(21)22)7-9-19(11)16(20)5-3-12-2-4-15-13(10-12)6-8-18-15/h2,4,6,8,10-11,14,18H,3,5,7,9H2,1H3,(H,21,22). The van der Waals surface area contributed by atoms with Crippen LogP contribution in [0.15, 0.2) is 30.5 Å². The van der Waals surface area contributed by atoms with Crippen molar-refractivity contribution in [1.29, 1.82) is 0 Å². The number of aromatic amines is 1. The molecule has 2 unspecified atom stereocenters. The first-order valence-electron chi connectivity index (χ1n) is 7.64. The third-order valence-corrected chi connectivity index (χ3v) is 4.64. The summed E-state index contributed by atoms with van der Waals surface area (Å²) < 4.78 is 0. The van der Waals surface area contributed by atoms with Crippen LogP contribution < -0.4 is 0 Å². The molecule has 1 aliphatic rings. The maximum absolute atomic E-state index is 12.3. The topological polar surface area (TPSA) is 73.4 Å². The van der Waals surface area contributed by atoms with Crippen LogP contribution in [0, 0.1) is 5.92 Å². The first-order chi connectivity index (χ1) is 10.6. The highest BCUT2D eigenvalue weighted by molar-refractivity contribution is 5.81. The van der Waals surface area contributed by atoms with E-state index < -0.39 is 11.9 Å². The third-order valence-electron chi connectivity index (χ3n) is 4.64. The SMILES string of the molecule is CC1C(C(=O)O)CCN1C(=O)CCc1ccc2[nH]ccc2c1. The van der Waals surface area contributed by atoms with Crippen LogP contribution in [0.1, 0.15) is 25.3 Å². The Morgan fingerprint density at radius 3 is 2.91 bits per heavy atom. The maximum Gasteiger partial charge on any atom is 0.308 e. The lowest BCUT2D eigenvalue weighted by atomic mass is 10.0. The van der Waals surface area contributed by atoms with Gasteiger partial charge in [0, 0.05) is 30.7 Å². The Labute approximate surface area is 128 Å². The first-order valence-corrected chi connectivity index (χ1v) is 7.64. The molecule has 1 amide bonds. The van der Waals surface area contributed by atoms with Crippen LogP contribution in [-0.4, -0.2) is 39.5 Å². The van der Waals surface area contributed by atoms with Crippen LogP contribution in [0.5, 0.6) is 0 Å². The van der Waals surface area contributed by atoms with E-state index in [2.05, 4.69) is 11.1 Å². The van der Waals surface area contributed by atoms with Crippen molar-refractivity contribution >= 4 is 22.8 Å². The fraction of sp³-hybridized carbons (Fsp3) is 0.412. The molecule has 2 atom stereocenters. The number of aliphatic carboxylic acids is 1. The molecule has 0 aliphatic carbocycles. The van der Waals surface area contributed by atoms with Gasteiger partial charge in [0.2, 0.25) is 5.91 Å². The highest BCUT2D eigenvalue weighted by atomic mass is 16.4. The Balaban J connectivity index is 1.61. The van der Waals surface area contributed by atoms with Crippen LogP contribution in [0.4, 0.5) is 0 Å². The quantitative estimate of drug-likeness (QED) is 0.910. The zero-order chi connectivity index (χ0) is 15.7. The van der Waals surface area contributed by atoms with Gasteiger partial charge >= 0.3 is 5.97 Å². The summed E-state index contributed by atoms with van der Waals surface area (Å²) in [5.74, 6) is -1.19. The molecule has 3 rings (SSSR count). The van der Waals surface area contributed by atoms with Crippen molar-refractivity contribution < 1.29 is 14.7 Å². The minimum atomic E-state index is -0.805. The number of benzene rings is 1. The molecule has 5 heteroatoms. The van der Waals surface area contributed by atoms with Crippen LogP contribution >= 0.6 is 0 Å². The molecule has 1 aromatic heterocycles. The van der Waals surface area contributed by atoms with Crippen molar-refractivity contribution in [3.63, 3.8) is 0 Å². The Bertz CT molecular complexity index is 707. The molecule has 1 aromatic carbocycles. The number of carbonyl (C=O) groups is 2. The molecule has 1 saturated heterocycles. The van der Waals surface area contributed by atoms with Gasteiger partial charge in [0.05, 0.1) is 5.92 Å². The summed E-state index contributed by atoms with van der Waals surface area (Å²) in [6.07, 6.45) is 3.56. The minimum absolute atomic E-state index is 0.0467. The van der Waals surface area contributed by atoms with Crippen LogP contribution in [0.3, 0.4) is 0 Å². The molecule has 1 fully saturated rings. The van der Waals surface area contributed by atoms with Crippen LogP contribution in [0.25, 0.3) is 10.9 Å². The van der Waals surface area contributed by atoms with Gasteiger partial charge < -0.3 is 15.0 Å². The smallest absolute Gasteiger partial charge is 0.308 e. The molecule has 0 saturated carbocycles. The average Bonchev–Trinajstić information content (AvgIpc) is 3.10. The molecule has 2 heterocycles. The van der Waals surface area contributed by atoms with Gasteiger partial charge in [-0.25, -0.2) is 0 Å². The highest BCUT2D eigenvalue weighted by Gasteiger charge is 2.37. The Morgan fingerprint density at radius 2 is 2.18 bits per heavy atom. The molecule has 0 bridgehead atoms. The number of carbonyl (C=O) groups excluding carboxylic acids is 1. The van der Waals surface area contributed by atoms with Crippen molar-refractivity contribution in [2.45, 2.75) is 32.2 Å². The largest absolute Gasteiger partial charge is 0.481 e. The molecular weight excluding hydrogens is 280 g/mol. The van der Waals surface area contributed by atoms with Gasteiger partial charge in [-0.1, -0.05) is 6.07 Å². The molecular formula is C17H20N2O3. The number of nitrogens with zero attached hydrogens (tertiary/aromatic N) is 1. The number of aromatic nitrogens is 1. The molecule has 0 spiro atoms. The molecule has 0 radical (unpaired) electrons. The molecule has 1 aliphatic heterocycles. The van der Waals surface area contributed by atoms with Gasteiger partial charge in [0.15, 0.2) is 0 Å². The lowest BCUT2D eigenvalue weighted by molar-refractivity contribution is -0.143. The number of likely N-dealkylation sites (tertiary alicyclic amines) is 1. The van der Waals surface area contributed by atoms with E-state index in [9.17, 15) is 9.59 Å². The van der Waals surface area contributed by atoms with E-state index in [1.807, 2.05) is 31.3 Å². The van der Waals surface area contributed by atoms with E-state index >= 15 is 0 Å². The Hall–Kier alpha value is -2.30. The van der Waals surface area contributed by atoms with E-state index in [0.717, 1.165) is 16.5 Å². The molecule has 2 N–H and O–H groups in total. The monoisotopic (exact) mass is 300 g/mol. The number of amides is 1. The van der Waals surface area contributed by atoms with E-state index in [1.54, 1.807) is 4.90 Å². The maximum atomic E-state index is 12.3. The fourth-order valence-corrected chi connectivity index (χ4v) is 3.27. The zero-order valence-electron chi connectivity index (χ0n) is 12.6. The second kappa shape index (κ2) is 5.83. The van der Waals surface area contributed by atoms with Crippen LogP contribution in [0.2, 0.25) is 0 Å². The molecule has 116 valence electrons. The predicted octanol–water partition coefficient (Wildman–Crippen LogP) is 2.42. The van der Waals surface area contributed by atoms with Crippen molar-refractivity contribution in [2.75, 3.05) is 6.54 Å². The highest BCUT2D eigenvalue weighted by Crippen LogP contribution is 2.25. The second-order valence-electron chi connectivity index (χ2n) is 5.96. The van der Waals surface area contributed by atoms with Crippen molar-refractivity contribution in [3.8, 4) is 0 Å². The van der Waals surface area contributed by atoms with Gasteiger partial charge in [-0.15, -0.1) is 0 Å². The zero-order valence-corrected chi connectivity index (χ0v) is 12.6. The number of H-pyrrole nitrogens is 1. The first kappa shape index (κ1) is 14.6. The van der Waals surface area contributed by atoms with E-state index in [0.29, 0.717) is 25.8 Å². The van der Waals surface area contributed by atoms with Crippen molar-refractivity contribution in [2.24, 2.45) is 5.92 Å². The fourth-order valence-electron chi connectivity index (χ4n) is 3.27. The van der Waals surface area contributed by atoms with Gasteiger partial charge in [0.25, 0.3) is 0 Å². The van der Waals surface area contributed by atoms with Crippen molar-refractivity contribution in [3.05, 3.63) is 36.0 Å². The lowest BCUT2D eigenvalue weighted by Gasteiger charge is -2.23. The normalized spacial score (nSPS) is 21.4. The van der Waals surface area contributed by atoms with Gasteiger partial charge in [-0.05, 0) is 48.9 Å². The van der Waals surface area contributed by atoms with Crippen LogP contribution in [-0.2, 0) is 16.0 Å². The number of aryl methyl sites for hydroxylation is 1. The number of hydrogen-bond donors (Lipinski definition) is 2. The summed E-state index contributed by atoms with van der Waals surface area (Å²) in [6.45, 7) is 2.38. The molecule has 22 heavy (non-hydrogen) atoms.